The first-order valence-electron chi connectivity index (χ1n) is 6.55. The standard InChI is InChI=1S/C15H13ClF3NS/c16-8-10-1-2-13(12(7-10)15(17,18)19)20-5-3-14-11(9-20)4-6-21-14/h1-2,4,6-7H,3,5,8-9H2. The van der Waals surface area contributed by atoms with Gasteiger partial charge >= 0.3 is 6.18 Å². The fourth-order valence-electron chi connectivity index (χ4n) is 2.62. The number of hydrogen-bond acceptors (Lipinski definition) is 2. The number of hydrogen-bond donors (Lipinski definition) is 0. The summed E-state index contributed by atoms with van der Waals surface area (Å²) in [6.07, 6.45) is -3.58. The van der Waals surface area contributed by atoms with Crippen molar-refractivity contribution in [2.45, 2.75) is 25.0 Å². The molecule has 1 aliphatic heterocycles. The Kier molecular flexibility index (Phi) is 3.88. The Morgan fingerprint density at radius 1 is 1.24 bits per heavy atom. The van der Waals surface area contributed by atoms with Gasteiger partial charge in [0.05, 0.1) is 5.56 Å². The van der Waals surface area contributed by atoms with Crippen LogP contribution in [0.4, 0.5) is 18.9 Å². The van der Waals surface area contributed by atoms with Crippen molar-refractivity contribution in [3.05, 3.63) is 51.2 Å². The number of fused-ring (bicyclic) bond motifs is 1. The summed E-state index contributed by atoms with van der Waals surface area (Å²) in [5.41, 5.74) is 1.26. The van der Waals surface area contributed by atoms with Gasteiger partial charge in [-0.25, -0.2) is 0 Å². The fourth-order valence-corrected chi connectivity index (χ4v) is 3.68. The molecule has 3 rings (SSSR count). The van der Waals surface area contributed by atoms with Crippen LogP contribution in [-0.2, 0) is 25.0 Å². The molecule has 112 valence electrons. The first kappa shape index (κ1) is 14.7. The number of alkyl halides is 4. The van der Waals surface area contributed by atoms with Crippen LogP contribution in [0.15, 0.2) is 29.6 Å². The molecule has 0 unspecified atom stereocenters. The molecule has 2 aromatic rings. The summed E-state index contributed by atoms with van der Waals surface area (Å²) in [6, 6.07) is 6.36. The van der Waals surface area contributed by atoms with E-state index in [0.717, 1.165) is 18.1 Å². The summed E-state index contributed by atoms with van der Waals surface area (Å²) in [7, 11) is 0. The summed E-state index contributed by atoms with van der Waals surface area (Å²) in [5, 5.41) is 2.00. The number of halogens is 4. The van der Waals surface area contributed by atoms with Crippen LogP contribution in [0.1, 0.15) is 21.6 Å². The highest BCUT2D eigenvalue weighted by atomic mass is 35.5. The van der Waals surface area contributed by atoms with Crippen LogP contribution in [0.2, 0.25) is 0 Å². The average molecular weight is 332 g/mol. The molecule has 0 fully saturated rings. The van der Waals surface area contributed by atoms with E-state index in [0.29, 0.717) is 18.7 Å². The Labute approximate surface area is 130 Å². The van der Waals surface area contributed by atoms with Gasteiger partial charge in [0.1, 0.15) is 0 Å². The van der Waals surface area contributed by atoms with Gasteiger partial charge in [-0.05, 0) is 41.1 Å². The summed E-state index contributed by atoms with van der Waals surface area (Å²) in [5.74, 6) is 0.0814. The normalized spacial score (nSPS) is 15.1. The van der Waals surface area contributed by atoms with Gasteiger partial charge in [0.15, 0.2) is 0 Å². The van der Waals surface area contributed by atoms with E-state index in [9.17, 15) is 13.2 Å². The molecule has 1 aromatic carbocycles. The second kappa shape index (κ2) is 5.54. The molecule has 2 heterocycles. The molecule has 0 aliphatic carbocycles. The van der Waals surface area contributed by atoms with E-state index in [4.69, 9.17) is 11.6 Å². The molecule has 1 aromatic heterocycles. The molecule has 0 atom stereocenters. The molecule has 0 amide bonds. The highest BCUT2D eigenvalue weighted by Crippen LogP contribution is 2.39. The van der Waals surface area contributed by atoms with Gasteiger partial charge in [-0.2, -0.15) is 13.2 Å². The van der Waals surface area contributed by atoms with Gasteiger partial charge < -0.3 is 4.90 Å². The predicted octanol–water partition coefficient (Wildman–Crippen LogP) is 5.07. The average Bonchev–Trinajstić information content (AvgIpc) is 2.93. The first-order valence-corrected chi connectivity index (χ1v) is 7.96. The zero-order valence-electron chi connectivity index (χ0n) is 11.1. The van der Waals surface area contributed by atoms with Crippen LogP contribution in [0, 0.1) is 0 Å². The van der Waals surface area contributed by atoms with Crippen molar-refractivity contribution in [1.82, 2.24) is 0 Å². The molecule has 1 nitrogen and oxygen atoms in total. The fraction of sp³-hybridized carbons (Fsp3) is 0.333. The van der Waals surface area contributed by atoms with Gasteiger partial charge in [0, 0.05) is 29.5 Å². The highest BCUT2D eigenvalue weighted by molar-refractivity contribution is 7.10. The molecule has 0 spiro atoms. The Bertz CT molecular complexity index is 651. The van der Waals surface area contributed by atoms with Crippen LogP contribution in [0.25, 0.3) is 0 Å². The van der Waals surface area contributed by atoms with Crippen LogP contribution in [0.5, 0.6) is 0 Å². The second-order valence-corrected chi connectivity index (χ2v) is 6.29. The van der Waals surface area contributed by atoms with E-state index in [-0.39, 0.29) is 11.6 Å². The number of thiophene rings is 1. The molecular weight excluding hydrogens is 319 g/mol. The molecule has 0 radical (unpaired) electrons. The lowest BCUT2D eigenvalue weighted by Gasteiger charge is -2.31. The third kappa shape index (κ3) is 2.90. The summed E-state index contributed by atoms with van der Waals surface area (Å²) in [4.78, 5) is 3.08. The van der Waals surface area contributed by atoms with E-state index in [1.165, 1.54) is 10.9 Å². The number of benzene rings is 1. The Morgan fingerprint density at radius 2 is 2.05 bits per heavy atom. The molecule has 0 saturated heterocycles. The molecular formula is C15H13ClF3NS. The third-order valence-electron chi connectivity index (χ3n) is 3.67. The first-order chi connectivity index (χ1) is 9.99. The number of rotatable bonds is 2. The summed E-state index contributed by atoms with van der Waals surface area (Å²) in [6.45, 7) is 1.14. The van der Waals surface area contributed by atoms with Crippen molar-refractivity contribution >= 4 is 28.6 Å². The Balaban J connectivity index is 1.99. The van der Waals surface area contributed by atoms with Gasteiger partial charge in [-0.1, -0.05) is 6.07 Å². The quantitative estimate of drug-likeness (QED) is 0.695. The van der Waals surface area contributed by atoms with Crippen LogP contribution >= 0.6 is 22.9 Å². The minimum Gasteiger partial charge on any atom is -0.366 e. The van der Waals surface area contributed by atoms with E-state index in [1.807, 2.05) is 11.4 Å². The molecule has 0 N–H and O–H groups in total. The third-order valence-corrected chi connectivity index (χ3v) is 5.00. The van der Waals surface area contributed by atoms with Crippen molar-refractivity contribution in [3.63, 3.8) is 0 Å². The Hall–Kier alpha value is -1.20. The van der Waals surface area contributed by atoms with E-state index >= 15 is 0 Å². The van der Waals surface area contributed by atoms with Crippen molar-refractivity contribution in [1.29, 1.82) is 0 Å². The SMILES string of the molecule is FC(F)(F)c1cc(CCl)ccc1N1CCc2sccc2C1. The molecule has 6 heteroatoms. The van der Waals surface area contributed by atoms with Gasteiger partial charge in [-0.3, -0.25) is 0 Å². The topological polar surface area (TPSA) is 3.24 Å². The molecule has 0 saturated carbocycles. The molecule has 1 aliphatic rings. The minimum atomic E-state index is -4.37. The predicted molar refractivity (Wildman–Crippen MR) is 80.1 cm³/mol. The van der Waals surface area contributed by atoms with Gasteiger partial charge in [0.2, 0.25) is 0 Å². The van der Waals surface area contributed by atoms with Crippen molar-refractivity contribution < 1.29 is 13.2 Å². The highest BCUT2D eigenvalue weighted by Gasteiger charge is 2.35. The zero-order valence-corrected chi connectivity index (χ0v) is 12.7. The van der Waals surface area contributed by atoms with Gasteiger partial charge in [0.25, 0.3) is 0 Å². The maximum Gasteiger partial charge on any atom is 0.418 e. The monoisotopic (exact) mass is 331 g/mol. The van der Waals surface area contributed by atoms with Crippen molar-refractivity contribution in [2.24, 2.45) is 0 Å². The minimum absolute atomic E-state index is 0.0814. The van der Waals surface area contributed by atoms with Crippen molar-refractivity contribution in [3.8, 4) is 0 Å². The van der Waals surface area contributed by atoms with Crippen molar-refractivity contribution in [2.75, 3.05) is 11.4 Å². The van der Waals surface area contributed by atoms with E-state index in [2.05, 4.69) is 0 Å². The summed E-state index contributed by atoms with van der Waals surface area (Å²) >= 11 is 7.33. The van der Waals surface area contributed by atoms with E-state index < -0.39 is 11.7 Å². The van der Waals surface area contributed by atoms with Crippen LogP contribution < -0.4 is 4.90 Å². The number of anilines is 1. The maximum atomic E-state index is 13.3. The van der Waals surface area contributed by atoms with Gasteiger partial charge in [-0.15, -0.1) is 22.9 Å². The zero-order chi connectivity index (χ0) is 15.0. The number of nitrogens with zero attached hydrogens (tertiary/aromatic N) is 1. The largest absolute Gasteiger partial charge is 0.418 e. The van der Waals surface area contributed by atoms with E-state index in [1.54, 1.807) is 22.3 Å². The Morgan fingerprint density at radius 3 is 2.76 bits per heavy atom. The smallest absolute Gasteiger partial charge is 0.366 e. The second-order valence-electron chi connectivity index (χ2n) is 5.02. The van der Waals surface area contributed by atoms with Crippen LogP contribution in [0.3, 0.4) is 0 Å². The lowest BCUT2D eigenvalue weighted by molar-refractivity contribution is -0.137. The van der Waals surface area contributed by atoms with Crippen LogP contribution in [-0.4, -0.2) is 6.54 Å². The molecule has 0 bridgehead atoms. The lowest BCUT2D eigenvalue weighted by atomic mass is 10.0. The lowest BCUT2D eigenvalue weighted by Crippen LogP contribution is -2.31. The summed E-state index contributed by atoms with van der Waals surface area (Å²) < 4.78 is 39.9. The molecule has 21 heavy (non-hydrogen) atoms. The maximum absolute atomic E-state index is 13.3.